The van der Waals surface area contributed by atoms with Crippen molar-refractivity contribution in [2.45, 2.75) is 39.3 Å². The Kier molecular flexibility index (Phi) is 5.65. The van der Waals surface area contributed by atoms with Crippen LogP contribution in [0.2, 0.25) is 0 Å². The number of hydrogen-bond donors (Lipinski definition) is 3. The molecule has 18 heavy (non-hydrogen) atoms. The smallest absolute Gasteiger partial charge is 0.251 e. The molecule has 0 saturated heterocycles. The molecular weight excluding hydrogens is 228 g/mol. The molecule has 4 nitrogen and oxygen atoms in total. The summed E-state index contributed by atoms with van der Waals surface area (Å²) in [5, 5.41) is 15.1. The number of carbonyl (C=O) groups excluding carboxylic acids is 1. The van der Waals surface area contributed by atoms with Crippen LogP contribution in [0, 0.1) is 0 Å². The minimum Gasteiger partial charge on any atom is -0.394 e. The molecule has 0 aliphatic rings. The average molecular weight is 250 g/mol. The first-order chi connectivity index (χ1) is 8.56. The van der Waals surface area contributed by atoms with Gasteiger partial charge in [-0.1, -0.05) is 13.0 Å². The van der Waals surface area contributed by atoms with Gasteiger partial charge in [0.15, 0.2) is 0 Å². The van der Waals surface area contributed by atoms with E-state index in [1.807, 2.05) is 39.0 Å². The molecule has 0 unspecified atom stereocenters. The van der Waals surface area contributed by atoms with Crippen LogP contribution < -0.4 is 10.6 Å². The van der Waals surface area contributed by atoms with Crippen LogP contribution in [-0.4, -0.2) is 29.7 Å². The van der Waals surface area contributed by atoms with Gasteiger partial charge in [-0.25, -0.2) is 0 Å². The Labute approximate surface area is 108 Å². The van der Waals surface area contributed by atoms with Crippen molar-refractivity contribution in [3.05, 3.63) is 29.8 Å². The molecular formula is C14H22N2O2. The Morgan fingerprint density at radius 3 is 2.67 bits per heavy atom. The summed E-state index contributed by atoms with van der Waals surface area (Å²) in [4.78, 5) is 12.0. The van der Waals surface area contributed by atoms with Gasteiger partial charge < -0.3 is 15.7 Å². The van der Waals surface area contributed by atoms with E-state index in [1.54, 1.807) is 6.07 Å². The summed E-state index contributed by atoms with van der Waals surface area (Å²) >= 11 is 0. The molecule has 4 heteroatoms. The van der Waals surface area contributed by atoms with E-state index < -0.39 is 0 Å². The van der Waals surface area contributed by atoms with E-state index in [9.17, 15) is 4.79 Å². The lowest BCUT2D eigenvalue weighted by Gasteiger charge is -2.15. The molecule has 0 heterocycles. The van der Waals surface area contributed by atoms with Crippen molar-refractivity contribution in [1.29, 1.82) is 0 Å². The van der Waals surface area contributed by atoms with Gasteiger partial charge in [-0.2, -0.15) is 0 Å². The number of benzene rings is 1. The number of aliphatic hydroxyl groups excluding tert-OH is 1. The Morgan fingerprint density at radius 2 is 2.11 bits per heavy atom. The fourth-order valence-electron chi connectivity index (χ4n) is 1.63. The van der Waals surface area contributed by atoms with Crippen LogP contribution in [0.25, 0.3) is 0 Å². The van der Waals surface area contributed by atoms with Gasteiger partial charge in [0.05, 0.1) is 12.6 Å². The van der Waals surface area contributed by atoms with Gasteiger partial charge in [0, 0.05) is 17.3 Å². The molecule has 1 rings (SSSR count). The Morgan fingerprint density at radius 1 is 1.39 bits per heavy atom. The number of rotatable bonds is 6. The highest BCUT2D eigenvalue weighted by Crippen LogP contribution is 2.12. The maximum Gasteiger partial charge on any atom is 0.251 e. The second-order valence-electron chi connectivity index (χ2n) is 4.64. The van der Waals surface area contributed by atoms with Crippen LogP contribution in [0.3, 0.4) is 0 Å². The molecule has 100 valence electrons. The van der Waals surface area contributed by atoms with Gasteiger partial charge >= 0.3 is 0 Å². The quantitative estimate of drug-likeness (QED) is 0.723. The van der Waals surface area contributed by atoms with Crippen molar-refractivity contribution < 1.29 is 9.90 Å². The lowest BCUT2D eigenvalue weighted by Crippen LogP contribution is -2.36. The Hall–Kier alpha value is -1.55. The monoisotopic (exact) mass is 250 g/mol. The van der Waals surface area contributed by atoms with E-state index in [4.69, 9.17) is 5.11 Å². The highest BCUT2D eigenvalue weighted by molar-refractivity contribution is 5.95. The van der Waals surface area contributed by atoms with Crippen molar-refractivity contribution in [2.75, 3.05) is 11.9 Å². The third-order valence-corrected chi connectivity index (χ3v) is 2.63. The minimum absolute atomic E-state index is 0.0355. The number of hydrogen-bond acceptors (Lipinski definition) is 3. The first-order valence-electron chi connectivity index (χ1n) is 6.35. The number of anilines is 1. The van der Waals surface area contributed by atoms with Crippen molar-refractivity contribution in [3.8, 4) is 0 Å². The predicted octanol–water partition coefficient (Wildman–Crippen LogP) is 2.01. The fourth-order valence-corrected chi connectivity index (χ4v) is 1.63. The molecule has 0 aromatic heterocycles. The zero-order valence-corrected chi connectivity index (χ0v) is 11.2. The van der Waals surface area contributed by atoms with E-state index in [2.05, 4.69) is 10.6 Å². The van der Waals surface area contributed by atoms with Crippen LogP contribution in [0.1, 0.15) is 37.6 Å². The molecule has 1 aromatic rings. The van der Waals surface area contributed by atoms with Gasteiger partial charge in [-0.15, -0.1) is 0 Å². The van der Waals surface area contributed by atoms with Gasteiger partial charge in [0.25, 0.3) is 5.91 Å². The Balaban J connectivity index is 2.73. The maximum atomic E-state index is 12.0. The second kappa shape index (κ2) is 7.01. The lowest BCUT2D eigenvalue weighted by molar-refractivity contribution is 0.0915. The van der Waals surface area contributed by atoms with Gasteiger partial charge in [0.1, 0.15) is 0 Å². The summed E-state index contributed by atoms with van der Waals surface area (Å²) in [7, 11) is 0. The van der Waals surface area contributed by atoms with Crippen molar-refractivity contribution >= 4 is 11.6 Å². The molecule has 1 atom stereocenters. The highest BCUT2D eigenvalue weighted by Gasteiger charge is 2.11. The molecule has 0 saturated carbocycles. The number of amides is 1. The van der Waals surface area contributed by atoms with E-state index in [1.165, 1.54) is 0 Å². The second-order valence-corrected chi connectivity index (χ2v) is 4.64. The molecule has 1 amide bonds. The first kappa shape index (κ1) is 14.5. The van der Waals surface area contributed by atoms with Crippen LogP contribution >= 0.6 is 0 Å². The lowest BCUT2D eigenvalue weighted by atomic mass is 10.1. The van der Waals surface area contributed by atoms with Crippen molar-refractivity contribution in [2.24, 2.45) is 0 Å². The van der Waals surface area contributed by atoms with Crippen LogP contribution in [-0.2, 0) is 0 Å². The minimum atomic E-state index is -0.181. The summed E-state index contributed by atoms with van der Waals surface area (Å²) in [6.07, 6.45) is 0.714. The first-order valence-corrected chi connectivity index (χ1v) is 6.35. The summed E-state index contributed by atoms with van der Waals surface area (Å²) in [6, 6.07) is 7.51. The standard InChI is InChI=1S/C14H22N2O2/c1-4-12(9-17)16-14(18)11-6-5-7-13(8-11)15-10(2)3/h5-8,10,12,15,17H,4,9H2,1-3H3,(H,16,18)/t12-/m1/s1. The Bertz CT molecular complexity index is 387. The van der Waals surface area contributed by atoms with E-state index in [0.29, 0.717) is 18.0 Å². The van der Waals surface area contributed by atoms with Crippen molar-refractivity contribution in [1.82, 2.24) is 5.32 Å². The molecule has 0 aliphatic carbocycles. The number of carbonyl (C=O) groups is 1. The largest absolute Gasteiger partial charge is 0.394 e. The molecule has 0 fully saturated rings. The number of aliphatic hydroxyl groups is 1. The van der Waals surface area contributed by atoms with Gasteiger partial charge in [0.2, 0.25) is 0 Å². The van der Waals surface area contributed by atoms with Gasteiger partial charge in [-0.3, -0.25) is 4.79 Å². The normalized spacial score (nSPS) is 12.3. The molecule has 0 radical (unpaired) electrons. The molecule has 0 aliphatic heterocycles. The van der Waals surface area contributed by atoms with Crippen molar-refractivity contribution in [3.63, 3.8) is 0 Å². The molecule has 0 bridgehead atoms. The third-order valence-electron chi connectivity index (χ3n) is 2.63. The topological polar surface area (TPSA) is 61.4 Å². The van der Waals surface area contributed by atoms with Crippen LogP contribution in [0.4, 0.5) is 5.69 Å². The molecule has 3 N–H and O–H groups in total. The van der Waals surface area contributed by atoms with Crippen LogP contribution in [0.15, 0.2) is 24.3 Å². The number of nitrogens with one attached hydrogen (secondary N) is 2. The third kappa shape index (κ3) is 4.37. The summed E-state index contributed by atoms with van der Waals surface area (Å²) in [6.45, 7) is 5.99. The average Bonchev–Trinajstić information content (AvgIpc) is 2.35. The van der Waals surface area contributed by atoms with E-state index >= 15 is 0 Å². The highest BCUT2D eigenvalue weighted by atomic mass is 16.3. The zero-order valence-electron chi connectivity index (χ0n) is 11.2. The maximum absolute atomic E-state index is 12.0. The summed E-state index contributed by atoms with van der Waals surface area (Å²) < 4.78 is 0. The van der Waals surface area contributed by atoms with E-state index in [-0.39, 0.29) is 18.6 Å². The summed E-state index contributed by atoms with van der Waals surface area (Å²) in [5.41, 5.74) is 1.53. The van der Waals surface area contributed by atoms with Gasteiger partial charge in [-0.05, 0) is 38.5 Å². The molecule has 1 aromatic carbocycles. The van der Waals surface area contributed by atoms with E-state index in [0.717, 1.165) is 5.69 Å². The zero-order chi connectivity index (χ0) is 13.5. The SMILES string of the molecule is CC[C@H](CO)NC(=O)c1cccc(NC(C)C)c1. The van der Waals surface area contributed by atoms with Crippen LogP contribution in [0.5, 0.6) is 0 Å². The predicted molar refractivity (Wildman–Crippen MR) is 73.8 cm³/mol. The fraction of sp³-hybridized carbons (Fsp3) is 0.500. The molecule has 0 spiro atoms. The summed E-state index contributed by atoms with van der Waals surface area (Å²) in [5.74, 6) is -0.150.